The molecule has 0 radical (unpaired) electrons. The lowest BCUT2D eigenvalue weighted by molar-refractivity contribution is -0.135. The van der Waals surface area contributed by atoms with Crippen molar-refractivity contribution in [1.82, 2.24) is 4.90 Å². The van der Waals surface area contributed by atoms with E-state index in [2.05, 4.69) is 0 Å². The molecule has 1 amide bonds. The van der Waals surface area contributed by atoms with Gasteiger partial charge < -0.3 is 15.4 Å². The second-order valence-electron chi connectivity index (χ2n) is 5.59. The average molecular weight is 366 g/mol. The van der Waals surface area contributed by atoms with Gasteiger partial charge in [0.25, 0.3) is 5.91 Å². The molecule has 1 aliphatic heterocycles. The lowest BCUT2D eigenvalue weighted by Crippen LogP contribution is -2.46. The van der Waals surface area contributed by atoms with Crippen molar-refractivity contribution in [3.63, 3.8) is 0 Å². The van der Waals surface area contributed by atoms with Crippen LogP contribution in [0.5, 0.6) is 5.75 Å². The van der Waals surface area contributed by atoms with E-state index in [0.29, 0.717) is 33.3 Å². The van der Waals surface area contributed by atoms with Crippen molar-refractivity contribution in [1.29, 1.82) is 0 Å². The maximum absolute atomic E-state index is 12.3. The number of carbonyl (C=O) groups is 1. The maximum Gasteiger partial charge on any atom is 0.260 e. The van der Waals surface area contributed by atoms with Crippen LogP contribution in [0.1, 0.15) is 19.8 Å². The van der Waals surface area contributed by atoms with Crippen molar-refractivity contribution in [3.8, 4) is 5.75 Å². The van der Waals surface area contributed by atoms with Crippen molar-refractivity contribution in [2.45, 2.75) is 25.8 Å². The number of carbonyl (C=O) groups excluding carboxylic acids is 1. The molecule has 1 aromatic carbocycles. The molecular formula is C15H19Cl3N2O2. The Balaban J connectivity index is 1.94. The number of nitrogens with zero attached hydrogens (tertiary/aromatic N) is 1. The molecule has 2 N–H and O–H groups in total. The standard InChI is InChI=1S/C15H19Cl3N2O2/c1-9(19)10-3-2-4-20(7-10)15(21)8-22-14-6-12(17)11(16)5-13(14)18/h5-6,9-10H,2-4,7-8,19H2,1H3. The Morgan fingerprint density at radius 3 is 2.73 bits per heavy atom. The lowest BCUT2D eigenvalue weighted by Gasteiger charge is -2.34. The highest BCUT2D eigenvalue weighted by Gasteiger charge is 2.26. The molecule has 0 aromatic heterocycles. The summed E-state index contributed by atoms with van der Waals surface area (Å²) in [6.45, 7) is 3.31. The molecule has 0 spiro atoms. The van der Waals surface area contributed by atoms with Crippen LogP contribution >= 0.6 is 34.8 Å². The van der Waals surface area contributed by atoms with Crippen molar-refractivity contribution >= 4 is 40.7 Å². The van der Waals surface area contributed by atoms with Gasteiger partial charge in [-0.3, -0.25) is 4.79 Å². The van der Waals surface area contributed by atoms with Gasteiger partial charge >= 0.3 is 0 Å². The summed E-state index contributed by atoms with van der Waals surface area (Å²) in [5.74, 6) is 0.615. The number of nitrogens with two attached hydrogens (primary N) is 1. The fourth-order valence-electron chi connectivity index (χ4n) is 2.51. The van der Waals surface area contributed by atoms with Crippen LogP contribution in [0.25, 0.3) is 0 Å². The highest BCUT2D eigenvalue weighted by atomic mass is 35.5. The molecular weight excluding hydrogens is 347 g/mol. The minimum Gasteiger partial charge on any atom is -0.482 e. The number of hydrogen-bond acceptors (Lipinski definition) is 3. The van der Waals surface area contributed by atoms with E-state index < -0.39 is 0 Å². The van der Waals surface area contributed by atoms with Crippen LogP contribution < -0.4 is 10.5 Å². The number of rotatable bonds is 4. The first-order valence-corrected chi connectivity index (χ1v) is 8.32. The quantitative estimate of drug-likeness (QED) is 0.829. The molecule has 1 saturated heterocycles. The normalized spacial score (nSPS) is 19.9. The van der Waals surface area contributed by atoms with E-state index in [1.165, 1.54) is 12.1 Å². The second-order valence-corrected chi connectivity index (χ2v) is 6.81. The van der Waals surface area contributed by atoms with Crippen molar-refractivity contribution in [2.75, 3.05) is 19.7 Å². The first-order valence-electron chi connectivity index (χ1n) is 7.19. The zero-order valence-electron chi connectivity index (χ0n) is 12.3. The van der Waals surface area contributed by atoms with Crippen LogP contribution in [0.2, 0.25) is 15.1 Å². The highest BCUT2D eigenvalue weighted by Crippen LogP contribution is 2.33. The van der Waals surface area contributed by atoms with Crippen molar-refractivity contribution in [2.24, 2.45) is 11.7 Å². The summed E-state index contributed by atoms with van der Waals surface area (Å²) in [7, 11) is 0. The molecule has 2 unspecified atom stereocenters. The predicted octanol–water partition coefficient (Wildman–Crippen LogP) is 3.61. The van der Waals surface area contributed by atoms with E-state index in [1.807, 2.05) is 6.92 Å². The summed E-state index contributed by atoms with van der Waals surface area (Å²) in [6, 6.07) is 3.10. The monoisotopic (exact) mass is 364 g/mol. The number of ether oxygens (including phenoxy) is 1. The first-order chi connectivity index (χ1) is 10.4. The van der Waals surface area contributed by atoms with E-state index in [0.717, 1.165) is 19.4 Å². The molecule has 122 valence electrons. The number of amides is 1. The third kappa shape index (κ3) is 4.42. The third-order valence-corrected chi connectivity index (χ3v) is 4.90. The Morgan fingerprint density at radius 2 is 2.05 bits per heavy atom. The fourth-order valence-corrected chi connectivity index (χ4v) is 3.10. The summed E-state index contributed by atoms with van der Waals surface area (Å²) in [5.41, 5.74) is 5.93. The van der Waals surface area contributed by atoms with Gasteiger partial charge in [-0.1, -0.05) is 34.8 Å². The second kappa shape index (κ2) is 7.73. The van der Waals surface area contributed by atoms with Crippen molar-refractivity contribution in [3.05, 3.63) is 27.2 Å². The Bertz CT molecular complexity index is 552. The Hall–Kier alpha value is -0.680. The minimum absolute atomic E-state index is 0.0764. The molecule has 2 rings (SSSR count). The Kier molecular flexibility index (Phi) is 6.21. The molecule has 0 bridgehead atoms. The summed E-state index contributed by atoms with van der Waals surface area (Å²) in [4.78, 5) is 14.1. The van der Waals surface area contributed by atoms with Gasteiger partial charge in [0.2, 0.25) is 0 Å². The molecule has 1 heterocycles. The van der Waals surface area contributed by atoms with E-state index in [1.54, 1.807) is 4.90 Å². The third-order valence-electron chi connectivity index (χ3n) is 3.88. The van der Waals surface area contributed by atoms with E-state index in [4.69, 9.17) is 45.3 Å². The van der Waals surface area contributed by atoms with Gasteiger partial charge in [-0.15, -0.1) is 0 Å². The molecule has 0 saturated carbocycles. The van der Waals surface area contributed by atoms with E-state index >= 15 is 0 Å². The largest absolute Gasteiger partial charge is 0.482 e. The van der Waals surface area contributed by atoms with E-state index in [9.17, 15) is 4.79 Å². The van der Waals surface area contributed by atoms with Gasteiger partial charge in [-0.05, 0) is 31.7 Å². The van der Waals surface area contributed by atoms with Gasteiger partial charge in [0.15, 0.2) is 6.61 Å². The first kappa shape index (κ1) is 17.7. The van der Waals surface area contributed by atoms with Gasteiger partial charge in [0, 0.05) is 25.2 Å². The van der Waals surface area contributed by atoms with E-state index in [-0.39, 0.29) is 18.6 Å². The highest BCUT2D eigenvalue weighted by molar-refractivity contribution is 6.43. The van der Waals surface area contributed by atoms with Gasteiger partial charge in [0.05, 0.1) is 15.1 Å². The number of likely N-dealkylation sites (tertiary alicyclic amines) is 1. The average Bonchev–Trinajstić information content (AvgIpc) is 2.49. The van der Waals surface area contributed by atoms with Gasteiger partial charge in [-0.25, -0.2) is 0 Å². The molecule has 1 fully saturated rings. The summed E-state index contributed by atoms with van der Waals surface area (Å²) < 4.78 is 5.49. The maximum atomic E-state index is 12.3. The Labute approximate surface area is 145 Å². The van der Waals surface area contributed by atoms with Crippen LogP contribution in [0, 0.1) is 5.92 Å². The van der Waals surface area contributed by atoms with Crippen LogP contribution in [-0.4, -0.2) is 36.5 Å². The van der Waals surface area contributed by atoms with Crippen LogP contribution in [-0.2, 0) is 4.79 Å². The molecule has 7 heteroatoms. The van der Waals surface area contributed by atoms with Gasteiger partial charge in [0.1, 0.15) is 5.75 Å². The lowest BCUT2D eigenvalue weighted by atomic mass is 9.92. The molecule has 22 heavy (non-hydrogen) atoms. The number of piperidine rings is 1. The summed E-state index contributed by atoms with van der Waals surface area (Å²) >= 11 is 17.8. The summed E-state index contributed by atoms with van der Waals surface area (Å²) in [6.07, 6.45) is 2.02. The van der Waals surface area contributed by atoms with Crippen LogP contribution in [0.4, 0.5) is 0 Å². The minimum atomic E-state index is -0.0800. The molecule has 1 aliphatic rings. The van der Waals surface area contributed by atoms with Gasteiger partial charge in [-0.2, -0.15) is 0 Å². The zero-order valence-corrected chi connectivity index (χ0v) is 14.6. The molecule has 0 aliphatic carbocycles. The SMILES string of the molecule is CC(N)C1CCCN(C(=O)COc2cc(Cl)c(Cl)cc2Cl)C1. The predicted molar refractivity (Wildman–Crippen MR) is 89.9 cm³/mol. The van der Waals surface area contributed by atoms with Crippen LogP contribution in [0.3, 0.4) is 0 Å². The molecule has 1 aromatic rings. The van der Waals surface area contributed by atoms with Crippen LogP contribution in [0.15, 0.2) is 12.1 Å². The fraction of sp³-hybridized carbons (Fsp3) is 0.533. The summed E-state index contributed by atoms with van der Waals surface area (Å²) in [5, 5.41) is 1.01. The zero-order chi connectivity index (χ0) is 16.3. The van der Waals surface area contributed by atoms with Crippen molar-refractivity contribution < 1.29 is 9.53 Å². The number of halogens is 3. The molecule has 4 nitrogen and oxygen atoms in total. The number of hydrogen-bond donors (Lipinski definition) is 1. The molecule has 2 atom stereocenters. The smallest absolute Gasteiger partial charge is 0.260 e. The number of benzene rings is 1. The topological polar surface area (TPSA) is 55.6 Å². The Morgan fingerprint density at radius 1 is 1.36 bits per heavy atom.